The molecule has 4 rings (SSSR count). The number of anilines is 1. The topological polar surface area (TPSA) is 116 Å². The number of nitrogens with one attached hydrogen (secondary N) is 3. The number of rotatable bonds is 4. The number of ketones is 1. The molecule has 0 atom stereocenters. The van der Waals surface area contributed by atoms with Crippen molar-refractivity contribution < 1.29 is 9.59 Å². The third-order valence-electron chi connectivity index (χ3n) is 4.34. The molecule has 0 bridgehead atoms. The van der Waals surface area contributed by atoms with E-state index in [2.05, 4.69) is 21.0 Å². The van der Waals surface area contributed by atoms with Gasteiger partial charge in [0.1, 0.15) is 5.69 Å². The lowest BCUT2D eigenvalue weighted by molar-refractivity contribution is 0.0576. The van der Waals surface area contributed by atoms with Crippen LogP contribution < -0.4 is 16.6 Å². The molecule has 132 valence electrons. The number of nitrogens with zero attached hydrogens (tertiary/aromatic N) is 2. The van der Waals surface area contributed by atoms with E-state index in [-0.39, 0.29) is 22.6 Å². The van der Waals surface area contributed by atoms with Gasteiger partial charge in [-0.05, 0) is 23.6 Å². The minimum Gasteiger partial charge on any atom is -0.398 e. The molecule has 0 saturated heterocycles. The fourth-order valence-corrected chi connectivity index (χ4v) is 3.92. The largest absolute Gasteiger partial charge is 0.398 e. The lowest BCUT2D eigenvalue weighted by Crippen LogP contribution is -2.49. The Kier molecular flexibility index (Phi) is 3.83. The quantitative estimate of drug-likeness (QED) is 0.321. The van der Waals surface area contributed by atoms with E-state index < -0.39 is 5.91 Å². The average molecular weight is 368 g/mol. The second-order valence-corrected chi connectivity index (χ2v) is 6.62. The highest BCUT2D eigenvalue weighted by molar-refractivity contribution is 7.13. The molecule has 1 aromatic carbocycles. The van der Waals surface area contributed by atoms with Crippen molar-refractivity contribution in [1.29, 1.82) is 0 Å². The molecule has 0 spiro atoms. The number of amides is 1. The van der Waals surface area contributed by atoms with Crippen LogP contribution in [0.3, 0.4) is 0 Å². The first kappa shape index (κ1) is 16.5. The Balaban J connectivity index is 1.91. The van der Waals surface area contributed by atoms with Gasteiger partial charge in [0.05, 0.1) is 21.7 Å². The molecule has 2 aromatic heterocycles. The van der Waals surface area contributed by atoms with E-state index in [1.54, 1.807) is 26.2 Å². The van der Waals surface area contributed by atoms with Gasteiger partial charge in [-0.3, -0.25) is 14.7 Å². The van der Waals surface area contributed by atoms with E-state index in [0.717, 1.165) is 4.88 Å². The van der Waals surface area contributed by atoms with Gasteiger partial charge in [0, 0.05) is 30.9 Å². The molecule has 0 radical (unpaired) electrons. The van der Waals surface area contributed by atoms with Crippen molar-refractivity contribution in [1.82, 2.24) is 26.2 Å². The third-order valence-corrected chi connectivity index (χ3v) is 5.23. The van der Waals surface area contributed by atoms with Gasteiger partial charge in [-0.25, -0.2) is 16.0 Å². The predicted octanol–water partition coefficient (Wildman–Crippen LogP) is 1.64. The van der Waals surface area contributed by atoms with Crippen LogP contribution in [0.4, 0.5) is 5.69 Å². The number of H-pyrrole nitrogens is 1. The summed E-state index contributed by atoms with van der Waals surface area (Å²) in [5.41, 5.74) is 14.5. The SMILES string of the molecule is CNN(NC)C(=O)c1c(N)ccc2c1C(=O)c1c-2n[nH]c1-c1cccs1. The van der Waals surface area contributed by atoms with Crippen LogP contribution in [0.25, 0.3) is 21.8 Å². The van der Waals surface area contributed by atoms with Gasteiger partial charge in [-0.1, -0.05) is 6.07 Å². The number of hydrazine groups is 2. The average Bonchev–Trinajstić information content (AvgIpc) is 3.35. The second-order valence-electron chi connectivity index (χ2n) is 5.67. The smallest absolute Gasteiger partial charge is 0.285 e. The van der Waals surface area contributed by atoms with Crippen molar-refractivity contribution in [3.05, 3.63) is 46.3 Å². The molecule has 0 aliphatic heterocycles. The van der Waals surface area contributed by atoms with Crippen LogP contribution in [-0.4, -0.2) is 41.1 Å². The standard InChI is InChI=1S/C17H16N6O2S/c1-19-23(20-2)17(25)12-9(18)6-5-8-11(12)16(24)13-14(8)21-22-15(13)10-4-3-7-26-10/h3-7,19-20H,18H2,1-2H3,(H,21,22). The van der Waals surface area contributed by atoms with Crippen molar-refractivity contribution >= 4 is 28.7 Å². The number of nitrogen functional groups attached to an aromatic ring is 1. The van der Waals surface area contributed by atoms with Crippen molar-refractivity contribution in [3.8, 4) is 21.8 Å². The van der Waals surface area contributed by atoms with E-state index in [0.29, 0.717) is 22.5 Å². The minimum absolute atomic E-state index is 0.159. The van der Waals surface area contributed by atoms with E-state index >= 15 is 0 Å². The Morgan fingerprint density at radius 3 is 2.65 bits per heavy atom. The Morgan fingerprint density at radius 1 is 1.23 bits per heavy atom. The van der Waals surface area contributed by atoms with Gasteiger partial charge < -0.3 is 5.73 Å². The number of thiophene rings is 1. The van der Waals surface area contributed by atoms with E-state index in [1.807, 2.05) is 17.5 Å². The number of aromatic amines is 1. The first-order valence-electron chi connectivity index (χ1n) is 7.87. The molecule has 0 saturated carbocycles. The van der Waals surface area contributed by atoms with Crippen LogP contribution in [0.1, 0.15) is 26.3 Å². The first-order valence-corrected chi connectivity index (χ1v) is 8.75. The van der Waals surface area contributed by atoms with Crippen molar-refractivity contribution in [3.63, 3.8) is 0 Å². The summed E-state index contributed by atoms with van der Waals surface area (Å²) < 4.78 is 0. The van der Waals surface area contributed by atoms with Gasteiger partial charge in [0.25, 0.3) is 5.91 Å². The Morgan fingerprint density at radius 2 is 2.00 bits per heavy atom. The van der Waals surface area contributed by atoms with Crippen LogP contribution in [0, 0.1) is 0 Å². The number of hydrogen-bond acceptors (Lipinski definition) is 7. The number of carbonyl (C=O) groups excluding carboxylic acids is 2. The van der Waals surface area contributed by atoms with Crippen molar-refractivity contribution in [2.45, 2.75) is 0 Å². The highest BCUT2D eigenvalue weighted by Gasteiger charge is 2.38. The molecular formula is C17H16N6O2S. The van der Waals surface area contributed by atoms with Crippen LogP contribution >= 0.6 is 11.3 Å². The molecule has 2 heterocycles. The molecule has 3 aromatic rings. The minimum atomic E-state index is -0.440. The lowest BCUT2D eigenvalue weighted by atomic mass is 9.98. The Hall–Kier alpha value is -3.01. The molecule has 8 nitrogen and oxygen atoms in total. The number of hydrogen-bond donors (Lipinski definition) is 4. The molecule has 5 N–H and O–H groups in total. The van der Waals surface area contributed by atoms with Gasteiger partial charge in [0.15, 0.2) is 5.78 Å². The summed E-state index contributed by atoms with van der Waals surface area (Å²) in [5, 5.41) is 10.4. The highest BCUT2D eigenvalue weighted by Crippen LogP contribution is 2.43. The Bertz CT molecular complexity index is 1020. The monoisotopic (exact) mass is 368 g/mol. The molecule has 26 heavy (non-hydrogen) atoms. The zero-order valence-corrected chi connectivity index (χ0v) is 14.9. The normalized spacial score (nSPS) is 12.2. The van der Waals surface area contributed by atoms with E-state index in [1.165, 1.54) is 16.5 Å². The van der Waals surface area contributed by atoms with Gasteiger partial charge in [-0.15, -0.1) is 11.3 Å². The number of fused-ring (bicyclic) bond motifs is 3. The van der Waals surface area contributed by atoms with E-state index in [4.69, 9.17) is 5.73 Å². The zero-order valence-electron chi connectivity index (χ0n) is 14.1. The third kappa shape index (κ3) is 2.18. The summed E-state index contributed by atoms with van der Waals surface area (Å²) in [7, 11) is 3.19. The van der Waals surface area contributed by atoms with Gasteiger partial charge in [-0.2, -0.15) is 5.10 Å². The van der Waals surface area contributed by atoms with Crippen molar-refractivity contribution in [2.24, 2.45) is 0 Å². The van der Waals surface area contributed by atoms with Crippen LogP contribution in [0.5, 0.6) is 0 Å². The predicted molar refractivity (Wildman–Crippen MR) is 99.5 cm³/mol. The number of nitrogens with two attached hydrogens (primary N) is 1. The van der Waals surface area contributed by atoms with Crippen LogP contribution in [0.2, 0.25) is 0 Å². The van der Waals surface area contributed by atoms with Crippen LogP contribution in [0.15, 0.2) is 29.6 Å². The molecule has 1 aliphatic carbocycles. The number of carbonyl (C=O) groups is 2. The molecular weight excluding hydrogens is 352 g/mol. The van der Waals surface area contributed by atoms with E-state index in [9.17, 15) is 9.59 Å². The summed E-state index contributed by atoms with van der Waals surface area (Å²) in [4.78, 5) is 27.0. The number of benzene rings is 1. The van der Waals surface area contributed by atoms with Gasteiger partial charge >= 0.3 is 0 Å². The fraction of sp³-hybridized carbons (Fsp3) is 0.118. The highest BCUT2D eigenvalue weighted by atomic mass is 32.1. The zero-order chi connectivity index (χ0) is 18.4. The number of aromatic nitrogens is 2. The van der Waals surface area contributed by atoms with Gasteiger partial charge in [0.2, 0.25) is 0 Å². The lowest BCUT2D eigenvalue weighted by Gasteiger charge is -2.21. The molecule has 1 amide bonds. The molecule has 9 heteroatoms. The summed E-state index contributed by atoms with van der Waals surface area (Å²) in [6.45, 7) is 0. The molecule has 0 unspecified atom stereocenters. The van der Waals surface area contributed by atoms with Crippen molar-refractivity contribution in [2.75, 3.05) is 19.8 Å². The molecule has 0 fully saturated rings. The molecule has 1 aliphatic rings. The second kappa shape index (κ2) is 6.06. The van der Waals surface area contributed by atoms with Crippen LogP contribution in [-0.2, 0) is 0 Å². The maximum Gasteiger partial charge on any atom is 0.285 e. The summed E-state index contributed by atoms with van der Waals surface area (Å²) >= 11 is 1.51. The summed E-state index contributed by atoms with van der Waals surface area (Å²) in [6, 6.07) is 7.17. The first-order chi connectivity index (χ1) is 12.6. The maximum atomic E-state index is 13.2. The fourth-order valence-electron chi connectivity index (χ4n) is 3.19. The Labute approximate surface area is 152 Å². The summed E-state index contributed by atoms with van der Waals surface area (Å²) in [5.74, 6) is -0.695. The summed E-state index contributed by atoms with van der Waals surface area (Å²) in [6.07, 6.45) is 0. The maximum absolute atomic E-state index is 13.2.